The van der Waals surface area contributed by atoms with Crippen LogP contribution in [0.25, 0.3) is 0 Å². The first-order valence-corrected chi connectivity index (χ1v) is 6.42. The monoisotopic (exact) mass is 225 g/mol. The first-order chi connectivity index (χ1) is 7.34. The second-order valence-electron chi connectivity index (χ2n) is 4.39. The predicted molar refractivity (Wildman–Crippen MR) is 57.6 cm³/mol. The van der Waals surface area contributed by atoms with E-state index in [1.165, 1.54) is 25.7 Å². The quantitative estimate of drug-likeness (QED) is 0.830. The van der Waals surface area contributed by atoms with Gasteiger partial charge in [0.25, 0.3) is 0 Å². The van der Waals surface area contributed by atoms with E-state index in [9.17, 15) is 0 Å². The van der Waals surface area contributed by atoms with Crippen molar-refractivity contribution in [1.82, 2.24) is 20.2 Å². The van der Waals surface area contributed by atoms with Gasteiger partial charge in [-0.15, -0.1) is 5.10 Å². The van der Waals surface area contributed by atoms with Gasteiger partial charge in [0.15, 0.2) is 0 Å². The minimum Gasteiger partial charge on any atom is -0.327 e. The van der Waals surface area contributed by atoms with Gasteiger partial charge in [0.2, 0.25) is 5.16 Å². The number of nitrogens with two attached hydrogens (primary N) is 1. The number of hydrogen-bond donors (Lipinski definition) is 1. The Morgan fingerprint density at radius 3 is 2.80 bits per heavy atom. The van der Waals surface area contributed by atoms with E-state index in [0.717, 1.165) is 11.6 Å². The summed E-state index contributed by atoms with van der Waals surface area (Å²) in [6.07, 6.45) is 6.01. The molecule has 0 radical (unpaired) electrons. The average molecular weight is 225 g/mol. The van der Waals surface area contributed by atoms with E-state index in [1.54, 1.807) is 11.8 Å². The van der Waals surface area contributed by atoms with Crippen LogP contribution in [-0.2, 0) is 0 Å². The van der Waals surface area contributed by atoms with Crippen molar-refractivity contribution >= 4 is 11.8 Å². The van der Waals surface area contributed by atoms with Crippen molar-refractivity contribution < 1.29 is 0 Å². The van der Waals surface area contributed by atoms with Gasteiger partial charge in [0.05, 0.1) is 6.04 Å². The number of nitrogens with zero attached hydrogens (tertiary/aromatic N) is 4. The van der Waals surface area contributed by atoms with E-state index in [2.05, 4.69) is 15.5 Å². The summed E-state index contributed by atoms with van der Waals surface area (Å²) in [5, 5.41) is 13.3. The molecule has 0 amide bonds. The third-order valence-corrected chi connectivity index (χ3v) is 4.48. The van der Waals surface area contributed by atoms with Crippen molar-refractivity contribution in [3.8, 4) is 0 Å². The normalized spacial score (nSPS) is 31.0. The molecule has 2 aliphatic carbocycles. The minimum absolute atomic E-state index is 0.319. The number of aromatic nitrogens is 4. The summed E-state index contributed by atoms with van der Waals surface area (Å²) in [6.45, 7) is 0. The third kappa shape index (κ3) is 1.88. The van der Waals surface area contributed by atoms with Crippen LogP contribution in [0.2, 0.25) is 0 Å². The van der Waals surface area contributed by atoms with Crippen molar-refractivity contribution in [1.29, 1.82) is 0 Å². The van der Waals surface area contributed by atoms with Crippen LogP contribution in [0.4, 0.5) is 0 Å². The van der Waals surface area contributed by atoms with Crippen molar-refractivity contribution in [3.05, 3.63) is 0 Å². The van der Waals surface area contributed by atoms with Gasteiger partial charge >= 0.3 is 0 Å². The number of hydrogen-bond acceptors (Lipinski definition) is 5. The molecule has 2 unspecified atom stereocenters. The Balaban J connectivity index is 1.72. The largest absolute Gasteiger partial charge is 0.327 e. The fraction of sp³-hybridized carbons (Fsp3) is 0.889. The van der Waals surface area contributed by atoms with Crippen molar-refractivity contribution in [2.24, 2.45) is 5.73 Å². The van der Waals surface area contributed by atoms with Gasteiger partial charge in [-0.2, -0.15) is 0 Å². The van der Waals surface area contributed by atoms with Crippen molar-refractivity contribution in [2.75, 3.05) is 0 Å². The van der Waals surface area contributed by atoms with E-state index < -0.39 is 0 Å². The van der Waals surface area contributed by atoms with E-state index in [1.807, 2.05) is 4.68 Å². The Hall–Kier alpha value is -0.620. The van der Waals surface area contributed by atoms with E-state index in [-0.39, 0.29) is 0 Å². The Bertz CT molecular complexity index is 348. The maximum atomic E-state index is 6.04. The highest BCUT2D eigenvalue weighted by molar-refractivity contribution is 7.99. The van der Waals surface area contributed by atoms with Gasteiger partial charge in [-0.05, 0) is 36.1 Å². The van der Waals surface area contributed by atoms with Crippen LogP contribution in [0.1, 0.15) is 38.1 Å². The summed E-state index contributed by atoms with van der Waals surface area (Å²) >= 11 is 1.76. The molecule has 2 saturated carbocycles. The zero-order valence-electron chi connectivity index (χ0n) is 8.54. The van der Waals surface area contributed by atoms with Crippen LogP contribution in [-0.4, -0.2) is 31.5 Å². The molecule has 1 aromatic rings. The highest BCUT2D eigenvalue weighted by atomic mass is 32.2. The molecule has 2 fully saturated rings. The van der Waals surface area contributed by atoms with Crippen LogP contribution in [0.3, 0.4) is 0 Å². The van der Waals surface area contributed by atoms with E-state index in [4.69, 9.17) is 5.73 Å². The highest BCUT2D eigenvalue weighted by Gasteiger charge is 2.31. The van der Waals surface area contributed by atoms with Gasteiger partial charge in [-0.1, -0.05) is 18.2 Å². The van der Waals surface area contributed by atoms with Gasteiger partial charge in [0, 0.05) is 11.3 Å². The van der Waals surface area contributed by atoms with Crippen LogP contribution in [0, 0.1) is 0 Å². The fourth-order valence-electron chi connectivity index (χ4n) is 2.05. The van der Waals surface area contributed by atoms with Gasteiger partial charge in [0.1, 0.15) is 0 Å². The van der Waals surface area contributed by atoms with Gasteiger partial charge in [-0.25, -0.2) is 4.68 Å². The molecule has 2 atom stereocenters. The molecule has 0 saturated heterocycles. The van der Waals surface area contributed by atoms with E-state index in [0.29, 0.717) is 17.3 Å². The van der Waals surface area contributed by atoms with E-state index >= 15 is 0 Å². The number of tetrazole rings is 1. The number of rotatable bonds is 3. The standard InChI is InChI=1S/C9H15N5S/c10-7-2-1-3-8(7)15-9-11-12-13-14(9)6-4-5-6/h6-8H,1-5,10H2. The molecule has 1 aromatic heterocycles. The topological polar surface area (TPSA) is 69.6 Å². The van der Waals surface area contributed by atoms with Crippen LogP contribution in [0.5, 0.6) is 0 Å². The lowest BCUT2D eigenvalue weighted by Crippen LogP contribution is -2.26. The SMILES string of the molecule is NC1CCCC1Sc1nnnn1C1CC1. The lowest BCUT2D eigenvalue weighted by atomic mass is 10.3. The predicted octanol–water partition coefficient (Wildman–Crippen LogP) is 0.980. The summed E-state index contributed by atoms with van der Waals surface area (Å²) in [7, 11) is 0. The summed E-state index contributed by atoms with van der Waals surface area (Å²) in [5.74, 6) is 0. The first-order valence-electron chi connectivity index (χ1n) is 5.54. The lowest BCUT2D eigenvalue weighted by molar-refractivity contribution is 0.563. The molecule has 0 aliphatic heterocycles. The summed E-state index contributed by atoms with van der Waals surface area (Å²) in [4.78, 5) is 0. The molecule has 3 rings (SSSR count). The van der Waals surface area contributed by atoms with Gasteiger partial charge < -0.3 is 5.73 Å². The molecule has 2 N–H and O–H groups in total. The summed E-state index contributed by atoms with van der Waals surface area (Å²) < 4.78 is 1.97. The zero-order valence-corrected chi connectivity index (χ0v) is 9.36. The van der Waals surface area contributed by atoms with Crippen LogP contribution < -0.4 is 5.73 Å². The molecule has 2 aliphatic rings. The van der Waals surface area contributed by atoms with Crippen molar-refractivity contribution in [3.63, 3.8) is 0 Å². The second-order valence-corrected chi connectivity index (χ2v) is 5.59. The maximum Gasteiger partial charge on any atom is 0.209 e. The second kappa shape index (κ2) is 3.75. The summed E-state index contributed by atoms with van der Waals surface area (Å²) in [6, 6.07) is 0.875. The molecule has 1 heterocycles. The molecule has 0 bridgehead atoms. The third-order valence-electron chi connectivity index (χ3n) is 3.12. The zero-order chi connectivity index (χ0) is 10.3. The molecular formula is C9H15N5S. The first kappa shape index (κ1) is 9.59. The number of thioether (sulfide) groups is 1. The van der Waals surface area contributed by atoms with Crippen molar-refractivity contribution in [2.45, 2.75) is 54.6 Å². The average Bonchev–Trinajstić information content (AvgIpc) is 2.85. The molecule has 6 heteroatoms. The Kier molecular flexibility index (Phi) is 2.40. The highest BCUT2D eigenvalue weighted by Crippen LogP contribution is 2.39. The maximum absolute atomic E-state index is 6.04. The molecule has 0 aromatic carbocycles. The van der Waals surface area contributed by atoms with Crippen LogP contribution >= 0.6 is 11.8 Å². The summed E-state index contributed by atoms with van der Waals surface area (Å²) in [5.41, 5.74) is 6.04. The lowest BCUT2D eigenvalue weighted by Gasteiger charge is -2.13. The van der Waals surface area contributed by atoms with Gasteiger partial charge in [-0.3, -0.25) is 0 Å². The minimum atomic E-state index is 0.319. The molecular weight excluding hydrogens is 210 g/mol. The van der Waals surface area contributed by atoms with Crippen LogP contribution in [0.15, 0.2) is 5.16 Å². The molecule has 0 spiro atoms. The molecule has 5 nitrogen and oxygen atoms in total. The fourth-order valence-corrected chi connectivity index (χ4v) is 3.29. The smallest absolute Gasteiger partial charge is 0.209 e. The Morgan fingerprint density at radius 2 is 2.13 bits per heavy atom. The Morgan fingerprint density at radius 1 is 1.27 bits per heavy atom. The Labute approximate surface area is 92.8 Å². The molecule has 15 heavy (non-hydrogen) atoms. The molecule has 82 valence electrons.